The lowest BCUT2D eigenvalue weighted by molar-refractivity contribution is 0.460. The molecule has 4 nitrogen and oxygen atoms in total. The van der Waals surface area contributed by atoms with Gasteiger partial charge in [-0.1, -0.05) is 6.07 Å². The first-order valence-electron chi connectivity index (χ1n) is 6.63. The summed E-state index contributed by atoms with van der Waals surface area (Å²) in [7, 11) is 0. The molecular formula is C14H18N2O2. The smallest absolute Gasteiger partial charge is 0.408 e. The molecule has 2 heterocycles. The lowest BCUT2D eigenvalue weighted by Gasteiger charge is -2.22. The van der Waals surface area contributed by atoms with Crippen molar-refractivity contribution in [1.82, 2.24) is 9.88 Å². The summed E-state index contributed by atoms with van der Waals surface area (Å²) in [5.41, 5.74) is 2.95. The number of nitrogens with zero attached hydrogens (tertiary/aromatic N) is 1. The van der Waals surface area contributed by atoms with Crippen LogP contribution in [0.15, 0.2) is 27.4 Å². The van der Waals surface area contributed by atoms with Crippen molar-refractivity contribution >= 4 is 11.1 Å². The molecule has 0 amide bonds. The molecule has 1 N–H and O–H groups in total. The highest BCUT2D eigenvalue weighted by Crippen LogP contribution is 2.27. The number of hydrogen-bond donors (Lipinski definition) is 1. The lowest BCUT2D eigenvalue weighted by Crippen LogP contribution is -2.26. The van der Waals surface area contributed by atoms with Crippen LogP contribution in [-0.4, -0.2) is 17.7 Å². The molecule has 1 aromatic carbocycles. The summed E-state index contributed by atoms with van der Waals surface area (Å²) < 4.78 is 6.92. The van der Waals surface area contributed by atoms with E-state index in [4.69, 9.17) is 4.42 Å². The molecule has 1 fully saturated rings. The Labute approximate surface area is 106 Å². The lowest BCUT2D eigenvalue weighted by atomic mass is 9.90. The summed E-state index contributed by atoms with van der Waals surface area (Å²) in [5.74, 6) is 0.348. The Morgan fingerprint density at radius 3 is 2.89 bits per heavy atom. The number of rotatable bonds is 2. The summed E-state index contributed by atoms with van der Waals surface area (Å²) in [5, 5.41) is 3.37. The third-order valence-corrected chi connectivity index (χ3v) is 3.82. The van der Waals surface area contributed by atoms with E-state index >= 15 is 0 Å². The second-order valence-electron chi connectivity index (χ2n) is 4.86. The predicted molar refractivity (Wildman–Crippen MR) is 71.0 cm³/mol. The molecule has 4 heteroatoms. The van der Waals surface area contributed by atoms with E-state index in [0.29, 0.717) is 18.0 Å². The van der Waals surface area contributed by atoms with Crippen LogP contribution in [0.5, 0.6) is 0 Å². The van der Waals surface area contributed by atoms with Crippen LogP contribution in [0.4, 0.5) is 0 Å². The van der Waals surface area contributed by atoms with Crippen LogP contribution >= 0.6 is 0 Å². The van der Waals surface area contributed by atoms with Gasteiger partial charge in [-0.2, -0.15) is 0 Å². The van der Waals surface area contributed by atoms with Gasteiger partial charge in [0.25, 0.3) is 0 Å². The largest absolute Gasteiger partial charge is 0.419 e. The molecule has 0 saturated carbocycles. The van der Waals surface area contributed by atoms with Gasteiger partial charge in [0.15, 0.2) is 5.58 Å². The third kappa shape index (κ3) is 1.86. The number of oxazole rings is 1. The van der Waals surface area contributed by atoms with Gasteiger partial charge in [-0.15, -0.1) is 0 Å². The number of benzene rings is 1. The van der Waals surface area contributed by atoms with E-state index < -0.39 is 0 Å². The molecule has 1 aliphatic rings. The van der Waals surface area contributed by atoms with Gasteiger partial charge < -0.3 is 9.73 Å². The van der Waals surface area contributed by atoms with E-state index in [2.05, 4.69) is 17.4 Å². The van der Waals surface area contributed by atoms with Crippen molar-refractivity contribution in [2.24, 2.45) is 0 Å². The van der Waals surface area contributed by atoms with Crippen molar-refractivity contribution in [2.45, 2.75) is 32.2 Å². The van der Waals surface area contributed by atoms with Crippen LogP contribution in [0.25, 0.3) is 11.1 Å². The van der Waals surface area contributed by atoms with Crippen molar-refractivity contribution in [3.8, 4) is 0 Å². The average Bonchev–Trinajstić information content (AvgIpc) is 2.74. The minimum absolute atomic E-state index is 0.255. The summed E-state index contributed by atoms with van der Waals surface area (Å²) in [6, 6.07) is 6.15. The van der Waals surface area contributed by atoms with Crippen molar-refractivity contribution < 1.29 is 4.42 Å². The minimum Gasteiger partial charge on any atom is -0.408 e. The summed E-state index contributed by atoms with van der Waals surface area (Å²) in [4.78, 5) is 11.6. The van der Waals surface area contributed by atoms with Gasteiger partial charge in [0, 0.05) is 6.54 Å². The Kier molecular flexibility index (Phi) is 2.96. The number of nitrogens with one attached hydrogen (secondary N) is 1. The Morgan fingerprint density at radius 1 is 1.39 bits per heavy atom. The van der Waals surface area contributed by atoms with Crippen LogP contribution in [0.2, 0.25) is 0 Å². The molecule has 2 aromatic rings. The van der Waals surface area contributed by atoms with Gasteiger partial charge in [-0.05, 0) is 56.5 Å². The number of fused-ring (bicyclic) bond motifs is 1. The maximum absolute atomic E-state index is 11.6. The molecule has 0 aliphatic carbocycles. The monoisotopic (exact) mass is 246 g/mol. The van der Waals surface area contributed by atoms with E-state index in [9.17, 15) is 4.79 Å². The quantitative estimate of drug-likeness (QED) is 0.882. The summed E-state index contributed by atoms with van der Waals surface area (Å²) >= 11 is 0. The van der Waals surface area contributed by atoms with Gasteiger partial charge in [0.05, 0.1) is 5.52 Å². The highest BCUT2D eigenvalue weighted by Gasteiger charge is 2.17. The first-order valence-corrected chi connectivity index (χ1v) is 6.63. The van der Waals surface area contributed by atoms with E-state index in [1.54, 1.807) is 4.57 Å². The molecule has 96 valence electrons. The fraction of sp³-hybridized carbons (Fsp3) is 0.500. The molecule has 0 bridgehead atoms. The number of hydrogen-bond acceptors (Lipinski definition) is 3. The second-order valence-corrected chi connectivity index (χ2v) is 4.86. The van der Waals surface area contributed by atoms with Crippen LogP contribution in [0.3, 0.4) is 0 Å². The number of aryl methyl sites for hydroxylation is 1. The van der Waals surface area contributed by atoms with Gasteiger partial charge in [0.1, 0.15) is 0 Å². The summed E-state index contributed by atoms with van der Waals surface area (Å²) in [6.45, 7) is 4.78. The van der Waals surface area contributed by atoms with Crippen molar-refractivity contribution in [3.05, 3.63) is 34.3 Å². The van der Waals surface area contributed by atoms with E-state index in [0.717, 1.165) is 18.6 Å². The fourth-order valence-electron chi connectivity index (χ4n) is 2.79. The molecule has 1 saturated heterocycles. The third-order valence-electron chi connectivity index (χ3n) is 3.82. The zero-order valence-corrected chi connectivity index (χ0v) is 10.6. The number of aromatic nitrogens is 1. The molecule has 0 unspecified atom stereocenters. The molecule has 0 atom stereocenters. The molecule has 0 spiro atoms. The summed E-state index contributed by atoms with van der Waals surface area (Å²) in [6.07, 6.45) is 2.33. The first-order chi connectivity index (χ1) is 8.79. The SMILES string of the molecule is CCn1c(=O)oc2ccc(C3CCNCC3)cc21. The average molecular weight is 246 g/mol. The van der Waals surface area contributed by atoms with Crippen molar-refractivity contribution in [2.75, 3.05) is 13.1 Å². The van der Waals surface area contributed by atoms with Crippen molar-refractivity contribution in [3.63, 3.8) is 0 Å². The van der Waals surface area contributed by atoms with Crippen LogP contribution in [-0.2, 0) is 6.54 Å². The van der Waals surface area contributed by atoms with Crippen LogP contribution < -0.4 is 11.1 Å². The highest BCUT2D eigenvalue weighted by molar-refractivity contribution is 5.74. The van der Waals surface area contributed by atoms with Gasteiger partial charge in [-0.3, -0.25) is 4.57 Å². The molecule has 1 aliphatic heterocycles. The van der Waals surface area contributed by atoms with Crippen molar-refractivity contribution in [1.29, 1.82) is 0 Å². The number of piperidine rings is 1. The zero-order chi connectivity index (χ0) is 12.5. The predicted octanol–water partition coefficient (Wildman–Crippen LogP) is 2.08. The molecule has 18 heavy (non-hydrogen) atoms. The van der Waals surface area contributed by atoms with E-state index in [-0.39, 0.29) is 5.76 Å². The zero-order valence-electron chi connectivity index (χ0n) is 10.6. The first kappa shape index (κ1) is 11.5. The standard InChI is InChI=1S/C14H18N2O2/c1-2-16-12-9-11(10-5-7-15-8-6-10)3-4-13(12)18-14(16)17/h3-4,9-10,15H,2,5-8H2,1H3. The Morgan fingerprint density at radius 2 is 2.17 bits per heavy atom. The Balaban J connectivity index is 2.06. The Hall–Kier alpha value is -1.55. The normalized spacial score (nSPS) is 17.4. The maximum Gasteiger partial charge on any atom is 0.419 e. The van der Waals surface area contributed by atoms with Gasteiger partial charge in [-0.25, -0.2) is 4.79 Å². The minimum atomic E-state index is -0.255. The van der Waals surface area contributed by atoms with Crippen LogP contribution in [0.1, 0.15) is 31.2 Å². The van der Waals surface area contributed by atoms with E-state index in [1.165, 1.54) is 18.4 Å². The van der Waals surface area contributed by atoms with Gasteiger partial charge >= 0.3 is 5.76 Å². The molecular weight excluding hydrogens is 228 g/mol. The fourth-order valence-corrected chi connectivity index (χ4v) is 2.79. The molecule has 1 aromatic heterocycles. The second kappa shape index (κ2) is 4.61. The maximum atomic E-state index is 11.6. The van der Waals surface area contributed by atoms with Crippen LogP contribution in [0, 0.1) is 0 Å². The van der Waals surface area contributed by atoms with Gasteiger partial charge in [0.2, 0.25) is 0 Å². The van der Waals surface area contributed by atoms with E-state index in [1.807, 2.05) is 13.0 Å². The topological polar surface area (TPSA) is 47.2 Å². The molecule has 3 rings (SSSR count). The molecule has 0 radical (unpaired) electrons. The highest BCUT2D eigenvalue weighted by atomic mass is 16.4. The Bertz CT molecular complexity index is 606.